The van der Waals surface area contributed by atoms with Crippen LogP contribution in [0.5, 0.6) is 0 Å². The number of hydrogen-bond acceptors (Lipinski definition) is 4. The molecule has 1 aromatic rings. The summed E-state index contributed by atoms with van der Waals surface area (Å²) < 4.78 is 27.1. The van der Waals surface area contributed by atoms with E-state index in [1.165, 1.54) is 18.6 Å². The van der Waals surface area contributed by atoms with E-state index in [-0.39, 0.29) is 28.9 Å². The van der Waals surface area contributed by atoms with Crippen molar-refractivity contribution >= 4 is 51.7 Å². The first-order valence-electron chi connectivity index (χ1n) is 8.71. The Kier molecular flexibility index (Phi) is 10.9. The van der Waals surface area contributed by atoms with E-state index in [1.54, 1.807) is 24.3 Å². The zero-order valence-electron chi connectivity index (χ0n) is 15.3. The van der Waals surface area contributed by atoms with E-state index in [1.807, 2.05) is 25.6 Å². The minimum Gasteiger partial charge on any atom is -0.357 e. The lowest BCUT2D eigenvalue weighted by Gasteiger charge is -2.13. The lowest BCUT2D eigenvalue weighted by Crippen LogP contribution is -2.41. The molecule has 2 rings (SSSR count). The summed E-state index contributed by atoms with van der Waals surface area (Å²) in [6, 6.07) is 6.83. The van der Waals surface area contributed by atoms with Crippen molar-refractivity contribution in [1.29, 1.82) is 0 Å². The monoisotopic (exact) mass is 512 g/mol. The van der Waals surface area contributed by atoms with Gasteiger partial charge in [-0.1, -0.05) is 17.7 Å². The van der Waals surface area contributed by atoms with Gasteiger partial charge in [0.05, 0.1) is 11.4 Å². The van der Waals surface area contributed by atoms with Gasteiger partial charge >= 0.3 is 0 Å². The van der Waals surface area contributed by atoms with Gasteiger partial charge in [0.25, 0.3) is 0 Å². The molecule has 0 saturated carbocycles. The maximum absolute atomic E-state index is 12.2. The summed E-state index contributed by atoms with van der Waals surface area (Å²) in [5, 5.41) is 6.98. The second-order valence-corrected chi connectivity index (χ2v) is 9.17. The third-order valence-electron chi connectivity index (χ3n) is 3.86. The van der Waals surface area contributed by atoms with Crippen molar-refractivity contribution in [2.45, 2.75) is 36.8 Å². The van der Waals surface area contributed by atoms with E-state index in [0.717, 1.165) is 24.6 Å². The topological polar surface area (TPSA) is 82.6 Å². The predicted molar refractivity (Wildman–Crippen MR) is 121 cm³/mol. The van der Waals surface area contributed by atoms with Gasteiger partial charge in [-0.05, 0) is 44.6 Å². The predicted octanol–water partition coefficient (Wildman–Crippen LogP) is 2.34. The first-order chi connectivity index (χ1) is 12.0. The maximum Gasteiger partial charge on any atom is 0.240 e. The molecule has 148 valence electrons. The van der Waals surface area contributed by atoms with Crippen LogP contribution in [-0.2, 0) is 10.0 Å². The molecule has 0 aliphatic carbocycles. The normalized spacial score (nSPS) is 17.6. The van der Waals surface area contributed by atoms with Gasteiger partial charge in [-0.2, -0.15) is 11.8 Å². The van der Waals surface area contributed by atoms with Crippen LogP contribution in [0, 0.1) is 6.92 Å². The van der Waals surface area contributed by atoms with Gasteiger partial charge in [-0.3, -0.25) is 4.99 Å². The SMILES string of the molecule is CCNC(=NCC1CCCS1)NCCNS(=O)(=O)c1ccc(C)cc1.I. The van der Waals surface area contributed by atoms with E-state index >= 15 is 0 Å². The smallest absolute Gasteiger partial charge is 0.240 e. The summed E-state index contributed by atoms with van der Waals surface area (Å²) in [6.07, 6.45) is 2.50. The Balaban J connectivity index is 0.00000338. The summed E-state index contributed by atoms with van der Waals surface area (Å²) in [4.78, 5) is 4.88. The van der Waals surface area contributed by atoms with Gasteiger partial charge in [0.15, 0.2) is 5.96 Å². The number of guanidine groups is 1. The molecule has 1 aliphatic heterocycles. The Labute approximate surface area is 178 Å². The minimum absolute atomic E-state index is 0. The van der Waals surface area contributed by atoms with Gasteiger partial charge in [0.2, 0.25) is 10.0 Å². The van der Waals surface area contributed by atoms with Crippen LogP contribution >= 0.6 is 35.7 Å². The fraction of sp³-hybridized carbons (Fsp3) is 0.588. The number of benzene rings is 1. The molecular formula is C17H29IN4O2S2. The highest BCUT2D eigenvalue weighted by molar-refractivity contribution is 14.0. The van der Waals surface area contributed by atoms with Crippen molar-refractivity contribution in [2.75, 3.05) is 31.9 Å². The average Bonchev–Trinajstić information content (AvgIpc) is 3.10. The van der Waals surface area contributed by atoms with Crippen LogP contribution in [0.3, 0.4) is 0 Å². The van der Waals surface area contributed by atoms with Crippen molar-refractivity contribution in [3.63, 3.8) is 0 Å². The molecule has 1 aromatic carbocycles. The van der Waals surface area contributed by atoms with Crippen molar-refractivity contribution in [2.24, 2.45) is 4.99 Å². The molecule has 0 radical (unpaired) electrons. The molecule has 0 aromatic heterocycles. The summed E-state index contributed by atoms with van der Waals surface area (Å²) >= 11 is 1.98. The van der Waals surface area contributed by atoms with E-state index < -0.39 is 10.0 Å². The molecule has 9 heteroatoms. The zero-order valence-corrected chi connectivity index (χ0v) is 19.3. The van der Waals surface area contributed by atoms with Crippen molar-refractivity contribution in [1.82, 2.24) is 15.4 Å². The van der Waals surface area contributed by atoms with Crippen LogP contribution in [-0.4, -0.2) is 51.6 Å². The average molecular weight is 512 g/mol. The summed E-state index contributed by atoms with van der Waals surface area (Å²) in [6.45, 7) is 6.31. The van der Waals surface area contributed by atoms with Crippen molar-refractivity contribution < 1.29 is 8.42 Å². The van der Waals surface area contributed by atoms with Crippen LogP contribution in [0.1, 0.15) is 25.3 Å². The molecule has 1 saturated heterocycles. The zero-order chi connectivity index (χ0) is 18.1. The number of sulfonamides is 1. The van der Waals surface area contributed by atoms with Gasteiger partial charge < -0.3 is 10.6 Å². The van der Waals surface area contributed by atoms with E-state index in [4.69, 9.17) is 0 Å². The Hall–Kier alpha value is -0.520. The summed E-state index contributed by atoms with van der Waals surface area (Å²) in [5.74, 6) is 1.97. The largest absolute Gasteiger partial charge is 0.357 e. The highest BCUT2D eigenvalue weighted by atomic mass is 127. The number of rotatable bonds is 8. The Bertz CT molecular complexity index is 660. The number of nitrogens with one attached hydrogen (secondary N) is 3. The third kappa shape index (κ3) is 8.01. The molecule has 1 heterocycles. The molecule has 6 nitrogen and oxygen atoms in total. The van der Waals surface area contributed by atoms with Crippen molar-refractivity contribution in [3.8, 4) is 0 Å². The third-order valence-corrected chi connectivity index (χ3v) is 6.72. The molecule has 3 N–H and O–H groups in total. The number of hydrogen-bond donors (Lipinski definition) is 3. The van der Waals surface area contributed by atoms with Crippen LogP contribution < -0.4 is 15.4 Å². The highest BCUT2D eigenvalue weighted by Gasteiger charge is 2.15. The van der Waals surface area contributed by atoms with Crippen molar-refractivity contribution in [3.05, 3.63) is 29.8 Å². The number of thioether (sulfide) groups is 1. The van der Waals surface area contributed by atoms with Gasteiger partial charge in [0.1, 0.15) is 0 Å². The lowest BCUT2D eigenvalue weighted by molar-refractivity contribution is 0.580. The Morgan fingerprint density at radius 3 is 2.58 bits per heavy atom. The molecule has 1 unspecified atom stereocenters. The van der Waals surface area contributed by atoms with E-state index in [2.05, 4.69) is 20.3 Å². The van der Waals surface area contributed by atoms with Gasteiger partial charge in [-0.15, -0.1) is 24.0 Å². The van der Waals surface area contributed by atoms with Crippen LogP contribution in [0.25, 0.3) is 0 Å². The number of aliphatic imine (C=N–C) groups is 1. The first-order valence-corrected chi connectivity index (χ1v) is 11.2. The quantitative estimate of drug-likeness (QED) is 0.216. The molecule has 1 aliphatic rings. The molecule has 1 fully saturated rings. The highest BCUT2D eigenvalue weighted by Crippen LogP contribution is 2.25. The number of aryl methyl sites for hydroxylation is 1. The molecule has 1 atom stereocenters. The molecule has 0 spiro atoms. The molecule has 0 amide bonds. The lowest BCUT2D eigenvalue weighted by atomic mass is 10.2. The van der Waals surface area contributed by atoms with Crippen LogP contribution in [0.4, 0.5) is 0 Å². The van der Waals surface area contributed by atoms with E-state index in [9.17, 15) is 8.42 Å². The number of halogens is 1. The summed E-state index contributed by atoms with van der Waals surface area (Å²) in [5.41, 5.74) is 1.03. The molecule has 0 bridgehead atoms. The Morgan fingerprint density at radius 1 is 1.23 bits per heavy atom. The molecular weight excluding hydrogens is 483 g/mol. The molecule has 26 heavy (non-hydrogen) atoms. The van der Waals surface area contributed by atoms with Crippen LogP contribution in [0.2, 0.25) is 0 Å². The van der Waals surface area contributed by atoms with Gasteiger partial charge in [0, 0.05) is 24.9 Å². The first kappa shape index (κ1) is 23.5. The second-order valence-electron chi connectivity index (χ2n) is 5.99. The fourth-order valence-electron chi connectivity index (χ4n) is 2.49. The number of nitrogens with zero attached hydrogens (tertiary/aromatic N) is 1. The fourth-order valence-corrected chi connectivity index (χ4v) is 4.70. The Morgan fingerprint density at radius 2 is 1.96 bits per heavy atom. The van der Waals surface area contributed by atoms with E-state index in [0.29, 0.717) is 18.3 Å². The maximum atomic E-state index is 12.2. The minimum atomic E-state index is -3.47. The second kappa shape index (κ2) is 12.0. The standard InChI is InChI=1S/C17H28N4O2S2.HI/c1-3-18-17(20-13-15-5-4-12-24-15)19-10-11-21-25(22,23)16-8-6-14(2)7-9-16;/h6-9,15,21H,3-5,10-13H2,1-2H3,(H2,18,19,20);1H. The van der Waals surface area contributed by atoms with Crippen LogP contribution in [0.15, 0.2) is 34.2 Å². The van der Waals surface area contributed by atoms with Gasteiger partial charge in [-0.25, -0.2) is 13.1 Å². The summed E-state index contributed by atoms with van der Waals surface area (Å²) in [7, 11) is -3.47.